The number of hydrogen-bond acceptors (Lipinski definition) is 5. The van der Waals surface area contributed by atoms with Crippen molar-refractivity contribution in [2.24, 2.45) is 0 Å². The number of H-pyrrole nitrogens is 1. The Kier molecular flexibility index (Phi) is 3.71. The number of nitrogens with one attached hydrogen (secondary N) is 1. The van der Waals surface area contributed by atoms with E-state index in [4.69, 9.17) is 0 Å². The highest BCUT2D eigenvalue weighted by molar-refractivity contribution is 8.01. The number of aliphatic hydroxyl groups is 1. The van der Waals surface area contributed by atoms with Gasteiger partial charge in [-0.3, -0.25) is 10.1 Å². The predicted octanol–water partition coefficient (Wildman–Crippen LogP) is 4.34. The van der Waals surface area contributed by atoms with Crippen LogP contribution in [0.15, 0.2) is 45.6 Å². The first-order chi connectivity index (χ1) is 10.0. The van der Waals surface area contributed by atoms with Crippen molar-refractivity contribution in [3.8, 4) is 0 Å². The van der Waals surface area contributed by atoms with Gasteiger partial charge in [-0.2, -0.15) is 0 Å². The van der Waals surface area contributed by atoms with Crippen molar-refractivity contribution in [2.75, 3.05) is 0 Å². The fraction of sp³-hybridized carbons (Fsp3) is 0.143. The number of nitrogens with zero attached hydrogens (tertiary/aromatic N) is 1. The molecule has 0 aliphatic rings. The van der Waals surface area contributed by atoms with E-state index in [1.54, 1.807) is 6.92 Å². The Bertz CT molecular complexity index is 775. The van der Waals surface area contributed by atoms with Gasteiger partial charge >= 0.3 is 0 Å². The first-order valence-corrected chi connectivity index (χ1v) is 7.89. The Morgan fingerprint density at radius 3 is 2.81 bits per heavy atom. The van der Waals surface area contributed by atoms with Crippen LogP contribution in [-0.4, -0.2) is 15.0 Å². The van der Waals surface area contributed by atoms with Crippen LogP contribution >= 0.6 is 23.1 Å². The third-order valence-electron chi connectivity index (χ3n) is 3.02. The third kappa shape index (κ3) is 2.80. The molecule has 0 aliphatic heterocycles. The van der Waals surface area contributed by atoms with Crippen molar-refractivity contribution in [2.45, 2.75) is 22.3 Å². The molecule has 0 fully saturated rings. The fourth-order valence-corrected chi connectivity index (χ4v) is 4.29. The molecule has 0 spiro atoms. The normalized spacial score (nSPS) is 12.7. The Labute approximate surface area is 128 Å². The number of benzene rings is 1. The van der Waals surface area contributed by atoms with E-state index in [2.05, 4.69) is 4.98 Å². The zero-order valence-corrected chi connectivity index (χ0v) is 12.7. The van der Waals surface area contributed by atoms with Crippen LogP contribution in [0.1, 0.15) is 17.9 Å². The minimum Gasteiger partial charge on any atom is -0.388 e. The average Bonchev–Trinajstić information content (AvgIpc) is 3.02. The summed E-state index contributed by atoms with van der Waals surface area (Å²) in [6, 6.07) is 11.2. The van der Waals surface area contributed by atoms with Crippen molar-refractivity contribution < 1.29 is 10.0 Å². The molecule has 1 aromatic carbocycles. The summed E-state index contributed by atoms with van der Waals surface area (Å²) in [6.45, 7) is 1.60. The molecular formula is C14H12N2O3S2. The maximum Gasteiger partial charge on any atom is 0.294 e. The van der Waals surface area contributed by atoms with E-state index < -0.39 is 11.0 Å². The van der Waals surface area contributed by atoms with Gasteiger partial charge in [-0.25, -0.2) is 0 Å². The SMILES string of the molecule is CC(O)c1cc([N+](=O)[O-])c(Sc2cc3ccccc3[nH]2)s1. The van der Waals surface area contributed by atoms with Crippen molar-refractivity contribution in [1.29, 1.82) is 0 Å². The highest BCUT2D eigenvalue weighted by atomic mass is 32.2. The van der Waals surface area contributed by atoms with Gasteiger partial charge in [0.15, 0.2) is 0 Å². The number of aliphatic hydroxyl groups excluding tert-OH is 1. The number of para-hydroxylation sites is 1. The van der Waals surface area contributed by atoms with Gasteiger partial charge < -0.3 is 10.1 Å². The molecule has 5 nitrogen and oxygen atoms in total. The molecule has 0 bridgehead atoms. The number of rotatable bonds is 4. The van der Waals surface area contributed by atoms with Crippen molar-refractivity contribution in [1.82, 2.24) is 4.98 Å². The van der Waals surface area contributed by atoms with Crippen LogP contribution < -0.4 is 0 Å². The molecule has 0 amide bonds. The number of thiophene rings is 1. The summed E-state index contributed by atoms with van der Waals surface area (Å²) in [5.74, 6) is 0. The maximum absolute atomic E-state index is 11.1. The molecule has 0 aliphatic carbocycles. The molecule has 7 heteroatoms. The largest absolute Gasteiger partial charge is 0.388 e. The lowest BCUT2D eigenvalue weighted by molar-refractivity contribution is -0.387. The topological polar surface area (TPSA) is 79.2 Å². The number of aromatic amines is 1. The summed E-state index contributed by atoms with van der Waals surface area (Å²) >= 11 is 2.57. The van der Waals surface area contributed by atoms with Crippen LogP contribution in [0.25, 0.3) is 10.9 Å². The molecule has 3 rings (SSSR count). The number of hydrogen-bond donors (Lipinski definition) is 2. The van der Waals surface area contributed by atoms with Gasteiger partial charge in [0, 0.05) is 21.8 Å². The zero-order chi connectivity index (χ0) is 15.0. The first-order valence-electron chi connectivity index (χ1n) is 6.26. The highest BCUT2D eigenvalue weighted by Crippen LogP contribution is 2.43. The lowest BCUT2D eigenvalue weighted by atomic mass is 10.3. The van der Waals surface area contributed by atoms with Crippen molar-refractivity contribution in [3.05, 3.63) is 51.4 Å². The highest BCUT2D eigenvalue weighted by Gasteiger charge is 2.22. The molecule has 1 unspecified atom stereocenters. The lowest BCUT2D eigenvalue weighted by Crippen LogP contribution is -1.87. The quantitative estimate of drug-likeness (QED) is 0.553. The molecule has 0 saturated carbocycles. The second-order valence-corrected chi connectivity index (χ2v) is 6.97. The van der Waals surface area contributed by atoms with Gasteiger partial charge in [-0.15, -0.1) is 11.3 Å². The number of fused-ring (bicyclic) bond motifs is 1. The van der Waals surface area contributed by atoms with Gasteiger partial charge in [-0.05, 0) is 19.1 Å². The van der Waals surface area contributed by atoms with E-state index in [-0.39, 0.29) is 5.69 Å². The molecule has 2 heterocycles. The summed E-state index contributed by atoms with van der Waals surface area (Å²) in [6.07, 6.45) is -0.703. The van der Waals surface area contributed by atoms with Gasteiger partial charge in [0.05, 0.1) is 16.1 Å². The zero-order valence-electron chi connectivity index (χ0n) is 11.1. The molecule has 1 atom stereocenters. The van der Waals surface area contributed by atoms with Gasteiger partial charge in [-0.1, -0.05) is 30.0 Å². The number of nitro groups is 1. The monoisotopic (exact) mass is 320 g/mol. The van der Waals surface area contributed by atoms with Crippen LogP contribution in [0.3, 0.4) is 0 Å². The first kappa shape index (κ1) is 14.1. The molecular weight excluding hydrogens is 308 g/mol. The Morgan fingerprint density at radius 2 is 2.14 bits per heavy atom. The summed E-state index contributed by atoms with van der Waals surface area (Å²) in [7, 11) is 0. The van der Waals surface area contributed by atoms with E-state index >= 15 is 0 Å². The standard InChI is InChI=1S/C14H12N2O3S2/c1-8(17)12-7-11(16(18)19)14(20-12)21-13-6-9-4-2-3-5-10(9)15-13/h2-8,15,17H,1H3. The van der Waals surface area contributed by atoms with Gasteiger partial charge in [0.2, 0.25) is 0 Å². The molecule has 0 radical (unpaired) electrons. The second-order valence-electron chi connectivity index (χ2n) is 4.58. The fourth-order valence-electron chi connectivity index (χ4n) is 1.99. The van der Waals surface area contributed by atoms with Crippen LogP contribution in [0, 0.1) is 10.1 Å². The van der Waals surface area contributed by atoms with E-state index in [9.17, 15) is 15.2 Å². The molecule has 108 valence electrons. The van der Waals surface area contributed by atoms with Crippen molar-refractivity contribution >= 4 is 39.7 Å². The van der Waals surface area contributed by atoms with E-state index in [0.29, 0.717) is 9.09 Å². The second kappa shape index (κ2) is 5.51. The summed E-state index contributed by atoms with van der Waals surface area (Å²) in [5, 5.41) is 22.6. The Balaban J connectivity index is 1.98. The molecule has 3 aromatic rings. The van der Waals surface area contributed by atoms with Crippen molar-refractivity contribution in [3.63, 3.8) is 0 Å². The van der Waals surface area contributed by atoms with E-state index in [1.165, 1.54) is 29.2 Å². The average molecular weight is 320 g/mol. The molecule has 2 N–H and O–H groups in total. The summed E-state index contributed by atoms with van der Waals surface area (Å²) < 4.78 is 0.572. The van der Waals surface area contributed by atoms with Crippen LogP contribution in [0.5, 0.6) is 0 Å². The van der Waals surface area contributed by atoms with Gasteiger partial charge in [0.1, 0.15) is 4.21 Å². The predicted molar refractivity (Wildman–Crippen MR) is 84.0 cm³/mol. The minimum atomic E-state index is -0.703. The van der Waals surface area contributed by atoms with E-state index in [1.807, 2.05) is 30.3 Å². The molecule has 0 saturated heterocycles. The third-order valence-corrected chi connectivity index (χ3v) is 5.44. The maximum atomic E-state index is 11.1. The Hall–Kier alpha value is -1.83. The molecule has 21 heavy (non-hydrogen) atoms. The molecule has 2 aromatic heterocycles. The van der Waals surface area contributed by atoms with Crippen LogP contribution in [-0.2, 0) is 0 Å². The minimum absolute atomic E-state index is 0.0413. The van der Waals surface area contributed by atoms with Crippen LogP contribution in [0.4, 0.5) is 5.69 Å². The van der Waals surface area contributed by atoms with Gasteiger partial charge in [0.25, 0.3) is 5.69 Å². The van der Waals surface area contributed by atoms with Crippen LogP contribution in [0.2, 0.25) is 0 Å². The summed E-state index contributed by atoms with van der Waals surface area (Å²) in [4.78, 5) is 14.5. The summed E-state index contributed by atoms with van der Waals surface area (Å²) in [5.41, 5.74) is 1.04. The van der Waals surface area contributed by atoms with E-state index in [0.717, 1.165) is 15.9 Å². The Morgan fingerprint density at radius 1 is 1.38 bits per heavy atom. The smallest absolute Gasteiger partial charge is 0.294 e. The lowest BCUT2D eigenvalue weighted by Gasteiger charge is -1.96. The number of aromatic nitrogens is 1.